The van der Waals surface area contributed by atoms with Crippen LogP contribution in [0.15, 0.2) is 30.9 Å². The predicted molar refractivity (Wildman–Crippen MR) is 75.1 cm³/mol. The summed E-state index contributed by atoms with van der Waals surface area (Å²) in [6.07, 6.45) is -2.58. The molecule has 1 aromatic carbocycles. The number of nitrogens with zero attached hydrogens (tertiary/aromatic N) is 1. The molecule has 1 heterocycles. The molecule has 1 aromatic rings. The maximum absolute atomic E-state index is 13.9. The first-order valence-electron chi connectivity index (χ1n) is 7.01. The molecular weight excluding hydrogens is 300 g/mol. The van der Waals surface area contributed by atoms with Crippen molar-refractivity contribution in [2.24, 2.45) is 0 Å². The van der Waals surface area contributed by atoms with E-state index in [0.717, 1.165) is 38.3 Å². The Morgan fingerprint density at radius 2 is 2.00 bits per heavy atom. The van der Waals surface area contributed by atoms with E-state index in [-0.39, 0.29) is 6.04 Å². The van der Waals surface area contributed by atoms with E-state index in [1.807, 2.05) is 0 Å². The van der Waals surface area contributed by atoms with Crippen molar-refractivity contribution in [1.29, 1.82) is 0 Å². The Bertz CT molecular complexity index is 513. The highest BCUT2D eigenvalue weighted by Crippen LogP contribution is 2.31. The quantitative estimate of drug-likeness (QED) is 0.666. The Hall–Kier alpha value is -1.60. The summed E-state index contributed by atoms with van der Waals surface area (Å²) in [6.45, 7) is 6.93. The smallest absolute Gasteiger partial charge is 0.403 e. The van der Waals surface area contributed by atoms with Gasteiger partial charge in [-0.3, -0.25) is 4.90 Å². The Morgan fingerprint density at radius 1 is 1.32 bits per heavy atom. The maximum Gasteiger partial charge on any atom is 0.573 e. The molecule has 0 radical (unpaired) electrons. The first kappa shape index (κ1) is 16.8. The molecule has 3 nitrogen and oxygen atoms in total. The minimum absolute atomic E-state index is 0.103. The first-order chi connectivity index (χ1) is 10.4. The van der Waals surface area contributed by atoms with E-state index in [1.54, 1.807) is 6.08 Å². The van der Waals surface area contributed by atoms with Crippen LogP contribution in [0.1, 0.15) is 18.0 Å². The topological polar surface area (TPSA) is 24.5 Å². The summed E-state index contributed by atoms with van der Waals surface area (Å²) < 4.78 is 54.0. The molecule has 1 N–H and O–H groups in total. The van der Waals surface area contributed by atoms with Gasteiger partial charge in [0.05, 0.1) is 0 Å². The van der Waals surface area contributed by atoms with Crippen molar-refractivity contribution < 1.29 is 22.3 Å². The van der Waals surface area contributed by atoms with E-state index >= 15 is 0 Å². The van der Waals surface area contributed by atoms with E-state index in [0.29, 0.717) is 12.0 Å². The number of ether oxygens (including phenoxy) is 1. The molecule has 1 aliphatic rings. The summed E-state index contributed by atoms with van der Waals surface area (Å²) in [5.74, 6) is -1.83. The second-order valence-electron chi connectivity index (χ2n) is 5.06. The van der Waals surface area contributed by atoms with E-state index in [2.05, 4.69) is 21.5 Å². The molecule has 0 bridgehead atoms. The van der Waals surface area contributed by atoms with Crippen molar-refractivity contribution in [1.82, 2.24) is 10.2 Å². The monoisotopic (exact) mass is 318 g/mol. The zero-order chi connectivity index (χ0) is 16.2. The van der Waals surface area contributed by atoms with Crippen LogP contribution in [0.5, 0.6) is 5.75 Å². The number of halogens is 4. The minimum atomic E-state index is -4.90. The van der Waals surface area contributed by atoms with Crippen LogP contribution in [0, 0.1) is 5.82 Å². The van der Waals surface area contributed by atoms with Gasteiger partial charge in [0, 0.05) is 32.2 Å². The lowest BCUT2D eigenvalue weighted by molar-refractivity contribution is -0.275. The van der Waals surface area contributed by atoms with Gasteiger partial charge >= 0.3 is 6.36 Å². The number of benzene rings is 1. The highest BCUT2D eigenvalue weighted by molar-refractivity contribution is 5.31. The molecule has 1 fully saturated rings. The van der Waals surface area contributed by atoms with Crippen molar-refractivity contribution in [3.8, 4) is 5.75 Å². The lowest BCUT2D eigenvalue weighted by Gasteiger charge is -2.34. The summed E-state index contributed by atoms with van der Waals surface area (Å²) in [6, 6.07) is 3.50. The minimum Gasteiger partial charge on any atom is -0.403 e. The normalized spacial score (nSPS) is 18.0. The molecule has 0 amide bonds. The molecule has 22 heavy (non-hydrogen) atoms. The van der Waals surface area contributed by atoms with Gasteiger partial charge in [-0.15, -0.1) is 19.8 Å². The van der Waals surface area contributed by atoms with Gasteiger partial charge in [-0.1, -0.05) is 12.1 Å². The van der Waals surface area contributed by atoms with Crippen LogP contribution in [0.2, 0.25) is 0 Å². The Balaban J connectivity index is 2.21. The average Bonchev–Trinajstić information content (AvgIpc) is 2.47. The van der Waals surface area contributed by atoms with Gasteiger partial charge < -0.3 is 10.1 Å². The van der Waals surface area contributed by atoms with Gasteiger partial charge in [-0.05, 0) is 24.1 Å². The summed E-state index contributed by atoms with van der Waals surface area (Å²) >= 11 is 0. The zero-order valence-electron chi connectivity index (χ0n) is 12.0. The summed E-state index contributed by atoms with van der Waals surface area (Å²) in [5.41, 5.74) is 0.619. The zero-order valence-corrected chi connectivity index (χ0v) is 12.0. The number of hydrogen-bond donors (Lipinski definition) is 1. The predicted octanol–water partition coefficient (Wildman–Crippen LogP) is 3.25. The molecule has 1 atom stereocenters. The number of rotatable bonds is 5. The number of piperazine rings is 1. The van der Waals surface area contributed by atoms with Crippen LogP contribution in [0.4, 0.5) is 17.6 Å². The van der Waals surface area contributed by atoms with Gasteiger partial charge in [-0.2, -0.15) is 0 Å². The second-order valence-corrected chi connectivity index (χ2v) is 5.06. The van der Waals surface area contributed by atoms with Gasteiger partial charge in [0.2, 0.25) is 0 Å². The van der Waals surface area contributed by atoms with Crippen molar-refractivity contribution in [3.05, 3.63) is 42.2 Å². The van der Waals surface area contributed by atoms with Crippen LogP contribution in [0.25, 0.3) is 0 Å². The van der Waals surface area contributed by atoms with Gasteiger partial charge in [-0.25, -0.2) is 4.39 Å². The molecule has 1 saturated heterocycles. The van der Waals surface area contributed by atoms with E-state index in [4.69, 9.17) is 0 Å². The van der Waals surface area contributed by atoms with E-state index in [1.165, 1.54) is 6.07 Å². The largest absolute Gasteiger partial charge is 0.573 e. The number of alkyl halides is 3. The second kappa shape index (κ2) is 7.11. The molecular formula is C15H18F4N2O. The Morgan fingerprint density at radius 3 is 2.55 bits per heavy atom. The van der Waals surface area contributed by atoms with Crippen molar-refractivity contribution in [3.63, 3.8) is 0 Å². The molecule has 0 spiro atoms. The fraction of sp³-hybridized carbons (Fsp3) is 0.467. The standard InChI is InChI=1S/C15H18F4N2O/c1-2-3-13(21-8-6-20-7-9-21)11-4-5-14(12(16)10-11)22-15(17,18)19/h2,4-5,10,13,20H,1,3,6-9H2/t13-/m1/s1. The third kappa shape index (κ3) is 4.45. The molecule has 0 saturated carbocycles. The van der Waals surface area contributed by atoms with Crippen LogP contribution in [0.3, 0.4) is 0 Å². The maximum atomic E-state index is 13.9. The Labute approximate surface area is 126 Å². The summed E-state index contributed by atoms with van der Waals surface area (Å²) in [5, 5.41) is 3.22. The summed E-state index contributed by atoms with van der Waals surface area (Å²) in [7, 11) is 0. The lowest BCUT2D eigenvalue weighted by Crippen LogP contribution is -2.45. The highest BCUT2D eigenvalue weighted by atomic mass is 19.4. The van der Waals surface area contributed by atoms with Crippen LogP contribution >= 0.6 is 0 Å². The molecule has 0 aliphatic carbocycles. The fourth-order valence-corrected chi connectivity index (χ4v) is 2.58. The molecule has 2 rings (SSSR count). The number of nitrogens with one attached hydrogen (secondary N) is 1. The van der Waals surface area contributed by atoms with Crippen molar-refractivity contribution in [2.45, 2.75) is 18.8 Å². The fourth-order valence-electron chi connectivity index (χ4n) is 2.58. The Kier molecular flexibility index (Phi) is 5.42. The third-order valence-corrected chi connectivity index (χ3v) is 3.55. The average molecular weight is 318 g/mol. The molecule has 1 aliphatic heterocycles. The molecule has 122 valence electrons. The van der Waals surface area contributed by atoms with Gasteiger partial charge in [0.25, 0.3) is 0 Å². The molecule has 7 heteroatoms. The van der Waals surface area contributed by atoms with Crippen molar-refractivity contribution >= 4 is 0 Å². The molecule has 0 unspecified atom stereocenters. The van der Waals surface area contributed by atoms with Crippen LogP contribution in [-0.4, -0.2) is 37.4 Å². The van der Waals surface area contributed by atoms with Gasteiger partial charge in [0.15, 0.2) is 11.6 Å². The molecule has 0 aromatic heterocycles. The lowest BCUT2D eigenvalue weighted by atomic mass is 10.0. The highest BCUT2D eigenvalue weighted by Gasteiger charge is 2.32. The first-order valence-corrected chi connectivity index (χ1v) is 7.01. The SMILES string of the molecule is C=CC[C@H](c1ccc(OC(F)(F)F)c(F)c1)N1CCNCC1. The third-order valence-electron chi connectivity index (χ3n) is 3.55. The van der Waals surface area contributed by atoms with Crippen LogP contribution < -0.4 is 10.1 Å². The van der Waals surface area contributed by atoms with E-state index in [9.17, 15) is 17.6 Å². The van der Waals surface area contributed by atoms with Gasteiger partial charge in [0.1, 0.15) is 0 Å². The van der Waals surface area contributed by atoms with Crippen molar-refractivity contribution in [2.75, 3.05) is 26.2 Å². The van der Waals surface area contributed by atoms with E-state index < -0.39 is 17.9 Å². The van der Waals surface area contributed by atoms with Crippen LogP contribution in [-0.2, 0) is 0 Å². The number of hydrogen-bond acceptors (Lipinski definition) is 3. The summed E-state index contributed by atoms with van der Waals surface area (Å²) in [4.78, 5) is 2.16.